The van der Waals surface area contributed by atoms with Gasteiger partial charge in [0.1, 0.15) is 0 Å². The van der Waals surface area contributed by atoms with E-state index < -0.39 is 0 Å². The van der Waals surface area contributed by atoms with Crippen LogP contribution in [-0.4, -0.2) is 15.9 Å². The predicted octanol–water partition coefficient (Wildman–Crippen LogP) is 2.73. The fourth-order valence-corrected chi connectivity index (χ4v) is 2.16. The number of rotatable bonds is 5. The maximum atomic E-state index is 4.08. The SMILES string of the molecule is CC(C)(CCBr)NCc1cccnc1. The van der Waals surface area contributed by atoms with Crippen molar-refractivity contribution in [1.29, 1.82) is 0 Å². The molecule has 0 aromatic carbocycles. The maximum Gasteiger partial charge on any atom is 0.0312 e. The van der Waals surface area contributed by atoms with Crippen LogP contribution in [0.2, 0.25) is 0 Å². The summed E-state index contributed by atoms with van der Waals surface area (Å²) >= 11 is 3.46. The zero-order valence-corrected chi connectivity index (χ0v) is 10.3. The second kappa shape index (κ2) is 5.47. The molecular weight excluding hydrogens is 240 g/mol. The molecule has 0 bridgehead atoms. The van der Waals surface area contributed by atoms with Gasteiger partial charge in [0.25, 0.3) is 0 Å². The van der Waals surface area contributed by atoms with Crippen LogP contribution in [0.4, 0.5) is 0 Å². The first-order valence-electron chi connectivity index (χ1n) is 4.84. The van der Waals surface area contributed by atoms with E-state index in [-0.39, 0.29) is 5.54 Å². The molecule has 1 aromatic rings. The molecule has 3 heteroatoms. The predicted molar refractivity (Wildman–Crippen MR) is 63.6 cm³/mol. The fourth-order valence-electron chi connectivity index (χ4n) is 1.17. The Morgan fingerprint density at radius 1 is 1.50 bits per heavy atom. The van der Waals surface area contributed by atoms with E-state index in [9.17, 15) is 0 Å². The number of halogens is 1. The standard InChI is InChI=1S/C11H17BrN2/c1-11(2,5-6-12)14-9-10-4-3-7-13-8-10/h3-4,7-8,14H,5-6,9H2,1-2H3. The maximum absolute atomic E-state index is 4.08. The molecule has 0 aliphatic heterocycles. The molecule has 0 saturated carbocycles. The van der Waals surface area contributed by atoms with Gasteiger partial charge in [0.15, 0.2) is 0 Å². The first kappa shape index (κ1) is 11.7. The van der Waals surface area contributed by atoms with Gasteiger partial charge in [0.05, 0.1) is 0 Å². The summed E-state index contributed by atoms with van der Waals surface area (Å²) < 4.78 is 0. The van der Waals surface area contributed by atoms with E-state index in [0.717, 1.165) is 18.3 Å². The van der Waals surface area contributed by atoms with Crippen molar-refractivity contribution in [3.63, 3.8) is 0 Å². The van der Waals surface area contributed by atoms with Crippen LogP contribution in [0.15, 0.2) is 24.5 Å². The monoisotopic (exact) mass is 256 g/mol. The average Bonchev–Trinajstić information content (AvgIpc) is 2.17. The summed E-state index contributed by atoms with van der Waals surface area (Å²) in [6.45, 7) is 5.31. The van der Waals surface area contributed by atoms with Crippen LogP contribution < -0.4 is 5.32 Å². The van der Waals surface area contributed by atoms with Gasteiger partial charge < -0.3 is 5.32 Å². The summed E-state index contributed by atoms with van der Waals surface area (Å²) in [6, 6.07) is 4.05. The zero-order chi connectivity index (χ0) is 10.4. The van der Waals surface area contributed by atoms with Crippen molar-refractivity contribution in [3.05, 3.63) is 30.1 Å². The Kier molecular flexibility index (Phi) is 4.55. The minimum Gasteiger partial charge on any atom is -0.308 e. The van der Waals surface area contributed by atoms with Gasteiger partial charge in [0, 0.05) is 29.8 Å². The number of hydrogen-bond acceptors (Lipinski definition) is 2. The Bertz CT molecular complexity index is 259. The summed E-state index contributed by atoms with van der Waals surface area (Å²) in [5.41, 5.74) is 1.41. The van der Waals surface area contributed by atoms with Crippen molar-refractivity contribution in [3.8, 4) is 0 Å². The van der Waals surface area contributed by atoms with Crippen LogP contribution in [0.5, 0.6) is 0 Å². The van der Waals surface area contributed by atoms with E-state index in [0.29, 0.717) is 0 Å². The Balaban J connectivity index is 2.40. The molecule has 0 saturated heterocycles. The van der Waals surface area contributed by atoms with Crippen LogP contribution in [-0.2, 0) is 6.54 Å². The minimum absolute atomic E-state index is 0.180. The smallest absolute Gasteiger partial charge is 0.0312 e. The molecule has 1 N–H and O–H groups in total. The molecule has 0 spiro atoms. The molecule has 14 heavy (non-hydrogen) atoms. The molecule has 0 amide bonds. The van der Waals surface area contributed by atoms with Gasteiger partial charge in [-0.1, -0.05) is 22.0 Å². The molecule has 0 aliphatic rings. The van der Waals surface area contributed by atoms with Gasteiger partial charge in [-0.15, -0.1) is 0 Å². The molecule has 0 atom stereocenters. The van der Waals surface area contributed by atoms with E-state index in [1.807, 2.05) is 12.3 Å². The van der Waals surface area contributed by atoms with Crippen molar-refractivity contribution in [2.45, 2.75) is 32.4 Å². The van der Waals surface area contributed by atoms with Crippen molar-refractivity contribution >= 4 is 15.9 Å². The molecule has 0 unspecified atom stereocenters. The van der Waals surface area contributed by atoms with E-state index >= 15 is 0 Å². The number of nitrogens with zero attached hydrogens (tertiary/aromatic N) is 1. The van der Waals surface area contributed by atoms with Crippen LogP contribution in [0.1, 0.15) is 25.8 Å². The van der Waals surface area contributed by atoms with Gasteiger partial charge in [-0.3, -0.25) is 4.98 Å². The summed E-state index contributed by atoms with van der Waals surface area (Å²) in [5, 5.41) is 4.53. The Morgan fingerprint density at radius 2 is 2.29 bits per heavy atom. The first-order valence-corrected chi connectivity index (χ1v) is 5.96. The van der Waals surface area contributed by atoms with Gasteiger partial charge in [-0.25, -0.2) is 0 Å². The fraction of sp³-hybridized carbons (Fsp3) is 0.545. The lowest BCUT2D eigenvalue weighted by molar-refractivity contribution is 0.378. The van der Waals surface area contributed by atoms with E-state index in [2.05, 4.69) is 46.1 Å². The normalized spacial score (nSPS) is 11.6. The number of hydrogen-bond donors (Lipinski definition) is 1. The molecule has 1 aromatic heterocycles. The first-order chi connectivity index (χ1) is 6.64. The Morgan fingerprint density at radius 3 is 2.86 bits per heavy atom. The molecule has 0 fully saturated rings. The van der Waals surface area contributed by atoms with E-state index in [1.54, 1.807) is 6.20 Å². The quantitative estimate of drug-likeness (QED) is 0.820. The van der Waals surface area contributed by atoms with Crippen LogP contribution in [0.3, 0.4) is 0 Å². The number of pyridine rings is 1. The summed E-state index contributed by atoms with van der Waals surface area (Å²) in [6.07, 6.45) is 4.82. The molecule has 2 nitrogen and oxygen atoms in total. The summed E-state index contributed by atoms with van der Waals surface area (Å²) in [4.78, 5) is 4.08. The Hall–Kier alpha value is -0.410. The van der Waals surface area contributed by atoms with Gasteiger partial charge in [0.2, 0.25) is 0 Å². The second-order valence-electron chi connectivity index (χ2n) is 4.04. The number of nitrogens with one attached hydrogen (secondary N) is 1. The minimum atomic E-state index is 0.180. The number of aromatic nitrogens is 1. The molecule has 1 heterocycles. The highest BCUT2D eigenvalue weighted by Crippen LogP contribution is 2.11. The molecule has 0 aliphatic carbocycles. The van der Waals surface area contributed by atoms with Gasteiger partial charge in [-0.2, -0.15) is 0 Å². The van der Waals surface area contributed by atoms with E-state index in [1.165, 1.54) is 5.56 Å². The van der Waals surface area contributed by atoms with Gasteiger partial charge in [-0.05, 0) is 31.9 Å². The van der Waals surface area contributed by atoms with Crippen molar-refractivity contribution < 1.29 is 0 Å². The Labute approximate surface area is 94.3 Å². The largest absolute Gasteiger partial charge is 0.308 e. The molecule has 0 radical (unpaired) electrons. The second-order valence-corrected chi connectivity index (χ2v) is 4.83. The third kappa shape index (κ3) is 4.20. The van der Waals surface area contributed by atoms with Crippen LogP contribution in [0, 0.1) is 0 Å². The van der Waals surface area contributed by atoms with E-state index in [4.69, 9.17) is 0 Å². The average molecular weight is 257 g/mol. The van der Waals surface area contributed by atoms with Crippen molar-refractivity contribution in [2.24, 2.45) is 0 Å². The highest BCUT2D eigenvalue weighted by Gasteiger charge is 2.15. The zero-order valence-electron chi connectivity index (χ0n) is 8.76. The van der Waals surface area contributed by atoms with Crippen LogP contribution in [0.25, 0.3) is 0 Å². The summed E-state index contributed by atoms with van der Waals surface area (Å²) in [7, 11) is 0. The third-order valence-electron chi connectivity index (χ3n) is 2.21. The molecule has 1 rings (SSSR count). The number of alkyl halides is 1. The topological polar surface area (TPSA) is 24.9 Å². The lowest BCUT2D eigenvalue weighted by atomic mass is 10.0. The molecular formula is C11H17BrN2. The van der Waals surface area contributed by atoms with Crippen molar-refractivity contribution in [1.82, 2.24) is 10.3 Å². The molecule has 78 valence electrons. The highest BCUT2D eigenvalue weighted by molar-refractivity contribution is 9.09. The highest BCUT2D eigenvalue weighted by atomic mass is 79.9. The lowest BCUT2D eigenvalue weighted by Gasteiger charge is -2.25. The lowest BCUT2D eigenvalue weighted by Crippen LogP contribution is -2.38. The van der Waals surface area contributed by atoms with Gasteiger partial charge >= 0.3 is 0 Å². The third-order valence-corrected chi connectivity index (χ3v) is 2.61. The van der Waals surface area contributed by atoms with Crippen LogP contribution >= 0.6 is 15.9 Å². The summed E-state index contributed by atoms with van der Waals surface area (Å²) in [5.74, 6) is 0. The van der Waals surface area contributed by atoms with Crippen molar-refractivity contribution in [2.75, 3.05) is 5.33 Å².